The van der Waals surface area contributed by atoms with Crippen LogP contribution in [-0.4, -0.2) is 26.2 Å². The predicted molar refractivity (Wildman–Crippen MR) is 128 cm³/mol. The molecule has 4 aromatic rings. The maximum absolute atomic E-state index is 13.5. The number of aromatic nitrogens is 3. The van der Waals surface area contributed by atoms with Crippen LogP contribution in [0.15, 0.2) is 63.9 Å². The molecule has 1 amide bonds. The highest BCUT2D eigenvalue weighted by Gasteiger charge is 2.18. The standard InChI is InChI=1S/C23H22N4O2S2/c1-14(2)16-8-5-7-11-19(16)27-21(29)17-9-4-6-10-18(17)25-23(27)31-13-20(28)26-22-24-15(3)12-30-22/h4-12,14H,13H2,1-3H3,(H,24,26,28). The molecule has 0 aliphatic rings. The van der Waals surface area contributed by atoms with Crippen molar-refractivity contribution >= 4 is 45.0 Å². The molecule has 0 spiro atoms. The van der Waals surface area contributed by atoms with Gasteiger partial charge >= 0.3 is 0 Å². The maximum atomic E-state index is 13.5. The van der Waals surface area contributed by atoms with Crippen molar-refractivity contribution in [3.8, 4) is 5.69 Å². The number of thioether (sulfide) groups is 1. The van der Waals surface area contributed by atoms with Gasteiger partial charge in [0, 0.05) is 5.38 Å². The minimum Gasteiger partial charge on any atom is -0.301 e. The molecule has 0 saturated heterocycles. The molecular formula is C23H22N4O2S2. The first-order valence-electron chi connectivity index (χ1n) is 9.90. The summed E-state index contributed by atoms with van der Waals surface area (Å²) in [5, 5.41) is 6.29. The highest BCUT2D eigenvalue weighted by molar-refractivity contribution is 7.99. The Hall–Kier alpha value is -2.97. The maximum Gasteiger partial charge on any atom is 0.266 e. The lowest BCUT2D eigenvalue weighted by Crippen LogP contribution is -2.24. The van der Waals surface area contributed by atoms with Crippen molar-refractivity contribution in [1.29, 1.82) is 0 Å². The lowest BCUT2D eigenvalue weighted by atomic mass is 10.0. The molecule has 158 valence electrons. The summed E-state index contributed by atoms with van der Waals surface area (Å²) in [5.41, 5.74) is 3.18. The van der Waals surface area contributed by atoms with Gasteiger partial charge in [0.2, 0.25) is 5.91 Å². The molecule has 4 rings (SSSR count). The minimum absolute atomic E-state index is 0.118. The van der Waals surface area contributed by atoms with E-state index in [2.05, 4.69) is 24.1 Å². The van der Waals surface area contributed by atoms with Crippen molar-refractivity contribution in [2.24, 2.45) is 0 Å². The fourth-order valence-corrected chi connectivity index (χ4v) is 4.81. The van der Waals surface area contributed by atoms with Crippen LogP contribution < -0.4 is 10.9 Å². The number of amides is 1. The van der Waals surface area contributed by atoms with Gasteiger partial charge in [0.1, 0.15) is 0 Å². The van der Waals surface area contributed by atoms with Gasteiger partial charge in [-0.1, -0.05) is 55.9 Å². The number of hydrogen-bond donors (Lipinski definition) is 1. The van der Waals surface area contributed by atoms with Crippen molar-refractivity contribution < 1.29 is 4.79 Å². The molecule has 0 radical (unpaired) electrons. The Morgan fingerprint density at radius 2 is 1.87 bits per heavy atom. The van der Waals surface area contributed by atoms with Crippen LogP contribution in [0.1, 0.15) is 31.0 Å². The van der Waals surface area contributed by atoms with E-state index in [4.69, 9.17) is 4.98 Å². The van der Waals surface area contributed by atoms with Crippen LogP contribution in [0.4, 0.5) is 5.13 Å². The Kier molecular flexibility index (Phi) is 6.20. The second kappa shape index (κ2) is 9.03. The normalized spacial score (nSPS) is 11.2. The second-order valence-electron chi connectivity index (χ2n) is 7.40. The summed E-state index contributed by atoms with van der Waals surface area (Å²) in [7, 11) is 0. The molecule has 0 fully saturated rings. The van der Waals surface area contributed by atoms with E-state index in [1.54, 1.807) is 10.6 Å². The van der Waals surface area contributed by atoms with Gasteiger partial charge in [0.15, 0.2) is 10.3 Å². The molecule has 0 aliphatic heterocycles. The molecule has 0 saturated carbocycles. The second-order valence-corrected chi connectivity index (χ2v) is 9.20. The summed E-state index contributed by atoms with van der Waals surface area (Å²) >= 11 is 2.63. The highest BCUT2D eigenvalue weighted by Crippen LogP contribution is 2.27. The average Bonchev–Trinajstić information content (AvgIpc) is 3.17. The van der Waals surface area contributed by atoms with Gasteiger partial charge in [-0.25, -0.2) is 9.97 Å². The number of thiazole rings is 1. The fraction of sp³-hybridized carbons (Fsp3) is 0.217. The number of anilines is 1. The third-order valence-electron chi connectivity index (χ3n) is 4.74. The number of carbonyl (C=O) groups excluding carboxylic acids is 1. The van der Waals surface area contributed by atoms with Gasteiger partial charge in [-0.05, 0) is 36.6 Å². The summed E-state index contributed by atoms with van der Waals surface area (Å²) in [6.07, 6.45) is 0. The molecule has 6 nitrogen and oxygen atoms in total. The number of aryl methyl sites for hydroxylation is 1. The molecule has 2 aromatic heterocycles. The van der Waals surface area contributed by atoms with E-state index in [1.807, 2.05) is 54.8 Å². The SMILES string of the molecule is Cc1csc(NC(=O)CSc2nc3ccccc3c(=O)n2-c2ccccc2C(C)C)n1. The number of nitrogens with one attached hydrogen (secondary N) is 1. The number of hydrogen-bond acceptors (Lipinski definition) is 6. The van der Waals surface area contributed by atoms with Crippen LogP contribution in [0.2, 0.25) is 0 Å². The van der Waals surface area contributed by atoms with Gasteiger partial charge in [-0.15, -0.1) is 11.3 Å². The Morgan fingerprint density at radius 1 is 1.13 bits per heavy atom. The number of fused-ring (bicyclic) bond motifs is 1. The van der Waals surface area contributed by atoms with Crippen molar-refractivity contribution in [1.82, 2.24) is 14.5 Å². The first-order valence-corrected chi connectivity index (χ1v) is 11.8. The van der Waals surface area contributed by atoms with E-state index in [-0.39, 0.29) is 23.1 Å². The highest BCUT2D eigenvalue weighted by atomic mass is 32.2. The van der Waals surface area contributed by atoms with Crippen LogP contribution in [0.5, 0.6) is 0 Å². The largest absolute Gasteiger partial charge is 0.301 e. The van der Waals surface area contributed by atoms with Gasteiger partial charge in [0.25, 0.3) is 5.56 Å². The third kappa shape index (κ3) is 4.55. The van der Waals surface area contributed by atoms with Crippen LogP contribution in [0.25, 0.3) is 16.6 Å². The van der Waals surface area contributed by atoms with Gasteiger partial charge in [-0.3, -0.25) is 14.2 Å². The van der Waals surface area contributed by atoms with E-state index in [9.17, 15) is 9.59 Å². The van der Waals surface area contributed by atoms with Crippen LogP contribution >= 0.6 is 23.1 Å². The van der Waals surface area contributed by atoms with Crippen molar-refractivity contribution in [2.45, 2.75) is 31.8 Å². The zero-order valence-electron chi connectivity index (χ0n) is 17.5. The molecule has 0 aliphatic carbocycles. The lowest BCUT2D eigenvalue weighted by molar-refractivity contribution is -0.113. The van der Waals surface area contributed by atoms with Crippen LogP contribution in [-0.2, 0) is 4.79 Å². The zero-order valence-corrected chi connectivity index (χ0v) is 19.1. The quantitative estimate of drug-likeness (QED) is 0.330. The Balaban J connectivity index is 1.75. The Morgan fingerprint density at radius 3 is 2.61 bits per heavy atom. The molecule has 0 unspecified atom stereocenters. The molecule has 2 aromatic carbocycles. The summed E-state index contributed by atoms with van der Waals surface area (Å²) in [5.74, 6) is 0.155. The van der Waals surface area contributed by atoms with E-state index in [0.29, 0.717) is 21.2 Å². The van der Waals surface area contributed by atoms with Gasteiger partial charge in [0.05, 0.1) is 28.0 Å². The van der Waals surface area contributed by atoms with Gasteiger partial charge < -0.3 is 5.32 Å². The molecule has 8 heteroatoms. The first-order chi connectivity index (χ1) is 14.9. The van der Waals surface area contributed by atoms with E-state index >= 15 is 0 Å². The van der Waals surface area contributed by atoms with Crippen molar-refractivity contribution in [2.75, 3.05) is 11.1 Å². The molecule has 1 N–H and O–H groups in total. The van der Waals surface area contributed by atoms with Crippen LogP contribution in [0.3, 0.4) is 0 Å². The van der Waals surface area contributed by atoms with E-state index in [0.717, 1.165) is 16.9 Å². The Labute approximate surface area is 188 Å². The summed E-state index contributed by atoms with van der Waals surface area (Å²) in [6, 6.07) is 15.1. The van der Waals surface area contributed by atoms with Crippen molar-refractivity contribution in [3.05, 3.63) is 75.5 Å². The summed E-state index contributed by atoms with van der Waals surface area (Å²) in [6.45, 7) is 6.06. The Bertz CT molecular complexity index is 1310. The average molecular weight is 451 g/mol. The number of nitrogens with zero attached hydrogens (tertiary/aromatic N) is 3. The monoisotopic (exact) mass is 450 g/mol. The number of carbonyl (C=O) groups is 1. The molecule has 31 heavy (non-hydrogen) atoms. The van der Waals surface area contributed by atoms with E-state index in [1.165, 1.54) is 23.1 Å². The topological polar surface area (TPSA) is 76.9 Å². The lowest BCUT2D eigenvalue weighted by Gasteiger charge is -2.18. The third-order valence-corrected chi connectivity index (χ3v) is 6.56. The zero-order chi connectivity index (χ0) is 22.0. The van der Waals surface area contributed by atoms with E-state index < -0.39 is 0 Å². The molecule has 0 bridgehead atoms. The molecule has 2 heterocycles. The smallest absolute Gasteiger partial charge is 0.266 e. The summed E-state index contributed by atoms with van der Waals surface area (Å²) in [4.78, 5) is 34.9. The minimum atomic E-state index is -0.189. The fourth-order valence-electron chi connectivity index (χ4n) is 3.30. The van der Waals surface area contributed by atoms with Gasteiger partial charge in [-0.2, -0.15) is 0 Å². The predicted octanol–water partition coefficient (Wildman–Crippen LogP) is 5.00. The number of benzene rings is 2. The number of para-hydroxylation sites is 2. The summed E-state index contributed by atoms with van der Waals surface area (Å²) < 4.78 is 1.63. The molecular weight excluding hydrogens is 428 g/mol. The van der Waals surface area contributed by atoms with Crippen LogP contribution in [0, 0.1) is 6.92 Å². The van der Waals surface area contributed by atoms with Crippen molar-refractivity contribution in [3.63, 3.8) is 0 Å². The first kappa shape index (κ1) is 21.3. The number of rotatable bonds is 6. The molecule has 0 atom stereocenters.